The number of ether oxygens (including phenoxy) is 1. The zero-order chi connectivity index (χ0) is 25.3. The van der Waals surface area contributed by atoms with Gasteiger partial charge in [0.25, 0.3) is 16.9 Å². The summed E-state index contributed by atoms with van der Waals surface area (Å²) in [6.45, 7) is 3.36. The van der Waals surface area contributed by atoms with Crippen LogP contribution in [0.2, 0.25) is 0 Å². The van der Waals surface area contributed by atoms with Crippen molar-refractivity contribution in [3.05, 3.63) is 111 Å². The number of thiazole rings is 1. The number of carbonyl (C=O) groups excluding carboxylic acids is 1. The number of hydrogen-bond acceptors (Lipinski definition) is 9. The predicted molar refractivity (Wildman–Crippen MR) is 127 cm³/mol. The number of esters is 1. The van der Waals surface area contributed by atoms with E-state index in [2.05, 4.69) is 4.99 Å². The summed E-state index contributed by atoms with van der Waals surface area (Å²) in [5, 5.41) is 22.3. The summed E-state index contributed by atoms with van der Waals surface area (Å²) in [4.78, 5) is 52.3. The van der Waals surface area contributed by atoms with Crippen LogP contribution < -0.4 is 14.9 Å². The molecule has 4 rings (SSSR count). The number of rotatable bonds is 6. The Morgan fingerprint density at radius 1 is 1.14 bits per heavy atom. The van der Waals surface area contributed by atoms with E-state index >= 15 is 0 Å². The molecule has 1 aliphatic rings. The second-order valence-electron chi connectivity index (χ2n) is 7.50. The van der Waals surface area contributed by atoms with Gasteiger partial charge in [-0.05, 0) is 43.2 Å². The largest absolute Gasteiger partial charge is 0.463 e. The third-order valence-electron chi connectivity index (χ3n) is 5.32. The van der Waals surface area contributed by atoms with E-state index in [0.717, 1.165) is 11.3 Å². The van der Waals surface area contributed by atoms with Crippen LogP contribution in [-0.2, 0) is 9.53 Å². The fourth-order valence-electron chi connectivity index (χ4n) is 3.76. The maximum Gasteiger partial charge on any atom is 0.338 e. The Hall–Kier alpha value is -4.45. The molecule has 3 aromatic rings. The monoisotopic (exact) mass is 494 g/mol. The van der Waals surface area contributed by atoms with Gasteiger partial charge in [0, 0.05) is 24.3 Å². The highest BCUT2D eigenvalue weighted by Gasteiger charge is 2.34. The van der Waals surface area contributed by atoms with Crippen molar-refractivity contribution in [2.24, 2.45) is 4.99 Å². The molecular formula is C23H18N4O7S. The Morgan fingerprint density at radius 3 is 2.46 bits per heavy atom. The minimum atomic E-state index is -0.982. The number of nitro benzene ring substituents is 2. The SMILES string of the molecule is CCOC(=O)C1=C(C)N=c2s/c(=C/c3ccc([N+](=O)[O-])cc3)c(=O)n2[C@H]1c1cccc([N+](=O)[O-])c1. The number of carbonyl (C=O) groups is 1. The van der Waals surface area contributed by atoms with Gasteiger partial charge in [0.1, 0.15) is 0 Å². The minimum absolute atomic E-state index is 0.0796. The molecule has 0 saturated heterocycles. The number of hydrogen-bond donors (Lipinski definition) is 0. The lowest BCUT2D eigenvalue weighted by Gasteiger charge is -2.24. The first kappa shape index (κ1) is 23.7. The quantitative estimate of drug-likeness (QED) is 0.291. The van der Waals surface area contributed by atoms with Crippen molar-refractivity contribution in [1.29, 1.82) is 0 Å². The highest BCUT2D eigenvalue weighted by atomic mass is 32.1. The molecule has 2 heterocycles. The summed E-state index contributed by atoms with van der Waals surface area (Å²) >= 11 is 1.08. The van der Waals surface area contributed by atoms with Crippen LogP contribution in [0.5, 0.6) is 0 Å². The minimum Gasteiger partial charge on any atom is -0.463 e. The number of benzene rings is 2. The molecule has 0 bridgehead atoms. The number of nitrogens with zero attached hydrogens (tertiary/aromatic N) is 4. The topological polar surface area (TPSA) is 147 Å². The normalized spacial score (nSPS) is 15.4. The van der Waals surface area contributed by atoms with Crippen molar-refractivity contribution in [1.82, 2.24) is 4.57 Å². The number of fused-ring (bicyclic) bond motifs is 1. The van der Waals surface area contributed by atoms with Crippen LogP contribution in [0.1, 0.15) is 31.0 Å². The van der Waals surface area contributed by atoms with Gasteiger partial charge in [0.15, 0.2) is 4.80 Å². The molecule has 0 aliphatic carbocycles. The lowest BCUT2D eigenvalue weighted by Crippen LogP contribution is -2.39. The Balaban J connectivity index is 1.93. The second kappa shape index (κ2) is 9.43. The first-order valence-electron chi connectivity index (χ1n) is 10.4. The summed E-state index contributed by atoms with van der Waals surface area (Å²) in [5.41, 5.74) is 0.647. The second-order valence-corrected chi connectivity index (χ2v) is 8.51. The third kappa shape index (κ3) is 4.51. The maximum absolute atomic E-state index is 13.5. The molecule has 0 N–H and O–H groups in total. The molecule has 0 amide bonds. The van der Waals surface area contributed by atoms with Crippen molar-refractivity contribution >= 4 is 34.8 Å². The first-order valence-corrected chi connectivity index (χ1v) is 11.2. The van der Waals surface area contributed by atoms with Crippen LogP contribution in [0.4, 0.5) is 11.4 Å². The number of allylic oxidation sites excluding steroid dienone is 1. The van der Waals surface area contributed by atoms with Crippen LogP contribution in [0.3, 0.4) is 0 Å². The number of nitro groups is 2. The highest BCUT2D eigenvalue weighted by molar-refractivity contribution is 7.07. The van der Waals surface area contributed by atoms with Gasteiger partial charge in [-0.2, -0.15) is 0 Å². The number of aromatic nitrogens is 1. The average Bonchev–Trinajstić information content (AvgIpc) is 3.13. The molecule has 1 atom stereocenters. The summed E-state index contributed by atoms with van der Waals surface area (Å²) in [7, 11) is 0. The summed E-state index contributed by atoms with van der Waals surface area (Å²) in [6.07, 6.45) is 1.57. The first-order chi connectivity index (χ1) is 16.7. The van der Waals surface area contributed by atoms with E-state index in [9.17, 15) is 29.8 Å². The van der Waals surface area contributed by atoms with Crippen LogP contribution in [0.25, 0.3) is 6.08 Å². The molecule has 178 valence electrons. The Morgan fingerprint density at radius 2 is 1.83 bits per heavy atom. The summed E-state index contributed by atoms with van der Waals surface area (Å²) < 4.78 is 6.81. The van der Waals surface area contributed by atoms with Gasteiger partial charge in [-0.15, -0.1) is 0 Å². The Bertz CT molecular complexity index is 1570. The molecule has 0 spiro atoms. The average molecular weight is 494 g/mol. The fraction of sp³-hybridized carbons (Fsp3) is 0.174. The van der Waals surface area contributed by atoms with Gasteiger partial charge in [0.05, 0.1) is 38.3 Å². The van der Waals surface area contributed by atoms with Gasteiger partial charge in [-0.1, -0.05) is 23.5 Å². The van der Waals surface area contributed by atoms with Gasteiger partial charge < -0.3 is 4.74 Å². The van der Waals surface area contributed by atoms with Crippen molar-refractivity contribution in [2.75, 3.05) is 6.61 Å². The van der Waals surface area contributed by atoms with Gasteiger partial charge in [0.2, 0.25) is 0 Å². The predicted octanol–water partition coefficient (Wildman–Crippen LogP) is 2.61. The molecule has 2 aromatic carbocycles. The van der Waals surface area contributed by atoms with Crippen LogP contribution >= 0.6 is 11.3 Å². The standard InChI is InChI=1S/C23H18N4O7S/c1-3-34-22(29)19-13(2)24-23-25(20(19)15-5-4-6-17(12-15)27(32)33)21(28)18(35-23)11-14-7-9-16(10-8-14)26(30)31/h4-12,20H,3H2,1-2H3/b18-11+/t20-/m0/s1. The molecule has 0 fully saturated rings. The zero-order valence-electron chi connectivity index (χ0n) is 18.5. The van der Waals surface area contributed by atoms with E-state index in [4.69, 9.17) is 4.74 Å². The summed E-state index contributed by atoms with van der Waals surface area (Å²) in [5.74, 6) is -0.671. The molecule has 12 heteroatoms. The van der Waals surface area contributed by atoms with Gasteiger partial charge in [-0.3, -0.25) is 29.6 Å². The van der Waals surface area contributed by atoms with Crippen LogP contribution in [0, 0.1) is 20.2 Å². The molecule has 0 unspecified atom stereocenters. The van der Waals surface area contributed by atoms with Crippen molar-refractivity contribution in [2.45, 2.75) is 19.9 Å². The van der Waals surface area contributed by atoms with Gasteiger partial charge >= 0.3 is 5.97 Å². The third-order valence-corrected chi connectivity index (χ3v) is 6.30. The van der Waals surface area contributed by atoms with E-state index in [1.807, 2.05) is 0 Å². The fourth-order valence-corrected chi connectivity index (χ4v) is 4.81. The van der Waals surface area contributed by atoms with Crippen LogP contribution in [0.15, 0.2) is 69.6 Å². The van der Waals surface area contributed by atoms with E-state index in [1.54, 1.807) is 26.0 Å². The Labute approximate surface area is 201 Å². The zero-order valence-corrected chi connectivity index (χ0v) is 19.4. The van der Waals surface area contributed by atoms with Crippen LogP contribution in [-0.4, -0.2) is 27.0 Å². The lowest BCUT2D eigenvalue weighted by atomic mass is 9.95. The van der Waals surface area contributed by atoms with E-state index in [1.165, 1.54) is 47.0 Å². The highest BCUT2D eigenvalue weighted by Crippen LogP contribution is 2.32. The molecule has 11 nitrogen and oxygen atoms in total. The lowest BCUT2D eigenvalue weighted by molar-refractivity contribution is -0.385. The van der Waals surface area contributed by atoms with Crippen molar-refractivity contribution in [3.8, 4) is 0 Å². The van der Waals surface area contributed by atoms with E-state index in [0.29, 0.717) is 21.6 Å². The molecule has 0 radical (unpaired) electrons. The van der Waals surface area contributed by atoms with Gasteiger partial charge in [-0.25, -0.2) is 9.79 Å². The van der Waals surface area contributed by atoms with Crippen molar-refractivity contribution in [3.63, 3.8) is 0 Å². The molecule has 1 aromatic heterocycles. The van der Waals surface area contributed by atoms with Crippen molar-refractivity contribution < 1.29 is 19.4 Å². The van der Waals surface area contributed by atoms with E-state index in [-0.39, 0.29) is 28.1 Å². The number of non-ortho nitro benzene ring substituents is 2. The molecular weight excluding hydrogens is 476 g/mol. The smallest absolute Gasteiger partial charge is 0.338 e. The van der Waals surface area contributed by atoms with E-state index < -0.39 is 27.4 Å². The maximum atomic E-state index is 13.5. The molecule has 0 saturated carbocycles. The molecule has 1 aliphatic heterocycles. The summed E-state index contributed by atoms with van der Waals surface area (Å²) in [6, 6.07) is 10.4. The Kier molecular flexibility index (Phi) is 6.38. The molecule has 35 heavy (non-hydrogen) atoms.